The van der Waals surface area contributed by atoms with Crippen LogP contribution in [0.15, 0.2) is 36.4 Å². The third kappa shape index (κ3) is 4.58. The lowest BCUT2D eigenvalue weighted by Crippen LogP contribution is -2.41. The van der Waals surface area contributed by atoms with E-state index in [0.717, 1.165) is 0 Å². The highest BCUT2D eigenvalue weighted by molar-refractivity contribution is 5.90. The first-order valence-electron chi connectivity index (χ1n) is 8.00. The van der Waals surface area contributed by atoms with Gasteiger partial charge in [0.15, 0.2) is 6.61 Å². The summed E-state index contributed by atoms with van der Waals surface area (Å²) in [6, 6.07) is 7.22. The standard InChI is InChI=1S/C18H24N2O3/c1-4-17(21)19-14-7-5-8-15(11-14)23-12-18(22)20-10-6-9-16(20)13(2)3/h5-9,11,13,16H,4,10,12H2,1-3H3,(H,19,21). The molecule has 1 aliphatic rings. The molecule has 0 fully saturated rings. The molecule has 0 spiro atoms. The zero-order valence-corrected chi connectivity index (χ0v) is 13.9. The molecule has 23 heavy (non-hydrogen) atoms. The van der Waals surface area contributed by atoms with Crippen LogP contribution in [-0.4, -0.2) is 35.9 Å². The molecule has 5 heteroatoms. The van der Waals surface area contributed by atoms with Crippen LogP contribution in [0.3, 0.4) is 0 Å². The van der Waals surface area contributed by atoms with Crippen molar-refractivity contribution in [2.45, 2.75) is 33.2 Å². The molecule has 2 rings (SSSR count). The predicted octanol–water partition coefficient (Wildman–Crippen LogP) is 2.84. The number of carbonyl (C=O) groups is 2. The maximum atomic E-state index is 12.3. The molecule has 1 aromatic rings. The largest absolute Gasteiger partial charge is 0.484 e. The number of rotatable bonds is 6. The molecular formula is C18H24N2O3. The highest BCUT2D eigenvalue weighted by Gasteiger charge is 2.27. The number of ether oxygens (including phenoxy) is 1. The fourth-order valence-electron chi connectivity index (χ4n) is 2.53. The molecule has 0 aliphatic carbocycles. The van der Waals surface area contributed by atoms with Gasteiger partial charge in [-0.25, -0.2) is 0 Å². The van der Waals surface area contributed by atoms with Gasteiger partial charge in [-0.1, -0.05) is 39.0 Å². The maximum Gasteiger partial charge on any atom is 0.261 e. The second-order valence-corrected chi connectivity index (χ2v) is 5.93. The molecule has 0 aromatic heterocycles. The minimum absolute atomic E-state index is 0.00389. The molecule has 1 N–H and O–H groups in total. The van der Waals surface area contributed by atoms with Gasteiger partial charge in [0.2, 0.25) is 5.91 Å². The van der Waals surface area contributed by atoms with Crippen molar-refractivity contribution in [3.8, 4) is 5.75 Å². The minimum Gasteiger partial charge on any atom is -0.484 e. The van der Waals surface area contributed by atoms with Crippen LogP contribution in [0.2, 0.25) is 0 Å². The summed E-state index contributed by atoms with van der Waals surface area (Å²) >= 11 is 0. The van der Waals surface area contributed by atoms with Crippen LogP contribution in [-0.2, 0) is 9.59 Å². The van der Waals surface area contributed by atoms with Crippen molar-refractivity contribution in [3.05, 3.63) is 36.4 Å². The zero-order chi connectivity index (χ0) is 16.8. The van der Waals surface area contributed by atoms with Crippen LogP contribution in [0, 0.1) is 5.92 Å². The Morgan fingerprint density at radius 3 is 2.87 bits per heavy atom. The minimum atomic E-state index is -0.0545. The summed E-state index contributed by atoms with van der Waals surface area (Å²) in [5.74, 6) is 0.864. The maximum absolute atomic E-state index is 12.3. The Balaban J connectivity index is 1.92. The molecule has 0 saturated carbocycles. The highest BCUT2D eigenvalue weighted by Crippen LogP contribution is 2.20. The van der Waals surface area contributed by atoms with Gasteiger partial charge >= 0.3 is 0 Å². The molecule has 1 unspecified atom stereocenters. The molecule has 0 bridgehead atoms. The summed E-state index contributed by atoms with van der Waals surface area (Å²) in [4.78, 5) is 25.6. The van der Waals surface area contributed by atoms with E-state index < -0.39 is 0 Å². The Labute approximate surface area is 137 Å². The molecule has 2 amide bonds. The lowest BCUT2D eigenvalue weighted by atomic mass is 10.0. The summed E-state index contributed by atoms with van der Waals surface area (Å²) in [6.07, 6.45) is 4.51. The van der Waals surface area contributed by atoms with Crippen LogP contribution in [0.25, 0.3) is 0 Å². The number of anilines is 1. The lowest BCUT2D eigenvalue weighted by Gasteiger charge is -2.27. The second-order valence-electron chi connectivity index (χ2n) is 5.93. The highest BCUT2D eigenvalue weighted by atomic mass is 16.5. The van der Waals surface area contributed by atoms with Crippen molar-refractivity contribution in [1.29, 1.82) is 0 Å². The number of benzene rings is 1. The van der Waals surface area contributed by atoms with E-state index in [0.29, 0.717) is 30.3 Å². The molecular weight excluding hydrogens is 292 g/mol. The number of amides is 2. The molecule has 0 radical (unpaired) electrons. The van der Waals surface area contributed by atoms with Crippen LogP contribution in [0.4, 0.5) is 5.69 Å². The first-order chi connectivity index (χ1) is 11.0. The Kier molecular flexibility index (Phi) is 5.79. The molecule has 1 aromatic carbocycles. The van der Waals surface area contributed by atoms with Gasteiger partial charge in [0.25, 0.3) is 5.91 Å². The lowest BCUT2D eigenvalue weighted by molar-refractivity contribution is -0.134. The first-order valence-corrected chi connectivity index (χ1v) is 8.00. The van der Waals surface area contributed by atoms with Crippen molar-refractivity contribution >= 4 is 17.5 Å². The van der Waals surface area contributed by atoms with E-state index in [2.05, 4.69) is 25.2 Å². The van der Waals surface area contributed by atoms with E-state index >= 15 is 0 Å². The average molecular weight is 316 g/mol. The quantitative estimate of drug-likeness (QED) is 0.821. The number of hydrogen-bond acceptors (Lipinski definition) is 3. The summed E-state index contributed by atoms with van der Waals surface area (Å²) in [5.41, 5.74) is 0.671. The van der Waals surface area contributed by atoms with E-state index in [-0.39, 0.29) is 24.5 Å². The Morgan fingerprint density at radius 2 is 2.17 bits per heavy atom. The van der Waals surface area contributed by atoms with Gasteiger partial charge in [-0.15, -0.1) is 0 Å². The molecule has 1 aliphatic heterocycles. The molecule has 124 valence electrons. The third-order valence-corrected chi connectivity index (χ3v) is 3.80. The van der Waals surface area contributed by atoms with Gasteiger partial charge in [0.1, 0.15) is 5.75 Å². The van der Waals surface area contributed by atoms with E-state index in [4.69, 9.17) is 4.74 Å². The smallest absolute Gasteiger partial charge is 0.261 e. The van der Waals surface area contributed by atoms with Gasteiger partial charge in [-0.05, 0) is 18.1 Å². The number of nitrogens with one attached hydrogen (secondary N) is 1. The van der Waals surface area contributed by atoms with Crippen molar-refractivity contribution in [1.82, 2.24) is 4.90 Å². The molecule has 5 nitrogen and oxygen atoms in total. The van der Waals surface area contributed by atoms with Crippen LogP contribution >= 0.6 is 0 Å². The SMILES string of the molecule is CCC(=O)Nc1cccc(OCC(=O)N2CC=CC2C(C)C)c1. The predicted molar refractivity (Wildman–Crippen MR) is 90.3 cm³/mol. The van der Waals surface area contributed by atoms with Crippen LogP contribution < -0.4 is 10.1 Å². The van der Waals surface area contributed by atoms with E-state index in [1.807, 2.05) is 11.0 Å². The average Bonchev–Trinajstić information content (AvgIpc) is 3.03. The van der Waals surface area contributed by atoms with Crippen molar-refractivity contribution in [2.75, 3.05) is 18.5 Å². The fourth-order valence-corrected chi connectivity index (χ4v) is 2.53. The normalized spacial score (nSPS) is 16.7. The number of carbonyl (C=O) groups excluding carboxylic acids is 2. The van der Waals surface area contributed by atoms with Crippen molar-refractivity contribution in [2.24, 2.45) is 5.92 Å². The monoisotopic (exact) mass is 316 g/mol. The summed E-state index contributed by atoms with van der Waals surface area (Å²) < 4.78 is 5.59. The topological polar surface area (TPSA) is 58.6 Å². The van der Waals surface area contributed by atoms with Gasteiger partial charge < -0.3 is 15.0 Å². The molecule has 1 heterocycles. The van der Waals surface area contributed by atoms with Crippen molar-refractivity contribution < 1.29 is 14.3 Å². The van der Waals surface area contributed by atoms with E-state index in [1.165, 1.54) is 0 Å². The van der Waals surface area contributed by atoms with Gasteiger partial charge in [-0.2, -0.15) is 0 Å². The van der Waals surface area contributed by atoms with Crippen LogP contribution in [0.1, 0.15) is 27.2 Å². The van der Waals surface area contributed by atoms with E-state index in [9.17, 15) is 9.59 Å². The van der Waals surface area contributed by atoms with Gasteiger partial charge in [0.05, 0.1) is 6.04 Å². The van der Waals surface area contributed by atoms with Gasteiger partial charge in [0, 0.05) is 24.7 Å². The van der Waals surface area contributed by atoms with Gasteiger partial charge in [-0.3, -0.25) is 9.59 Å². The Bertz CT molecular complexity index is 596. The number of nitrogens with zero attached hydrogens (tertiary/aromatic N) is 1. The summed E-state index contributed by atoms with van der Waals surface area (Å²) in [7, 11) is 0. The number of hydrogen-bond donors (Lipinski definition) is 1. The Hall–Kier alpha value is -2.30. The third-order valence-electron chi connectivity index (χ3n) is 3.80. The Morgan fingerprint density at radius 1 is 1.39 bits per heavy atom. The van der Waals surface area contributed by atoms with Crippen molar-refractivity contribution in [3.63, 3.8) is 0 Å². The van der Waals surface area contributed by atoms with E-state index in [1.54, 1.807) is 31.2 Å². The fraction of sp³-hybridized carbons (Fsp3) is 0.444. The van der Waals surface area contributed by atoms with Crippen LogP contribution in [0.5, 0.6) is 5.75 Å². The molecule has 0 saturated heterocycles. The summed E-state index contributed by atoms with van der Waals surface area (Å²) in [6.45, 7) is 6.62. The molecule has 1 atom stereocenters. The second kappa shape index (κ2) is 7.81. The zero-order valence-electron chi connectivity index (χ0n) is 13.9. The first kappa shape index (κ1) is 17.1. The summed E-state index contributed by atoms with van der Waals surface area (Å²) in [5, 5.41) is 2.77.